The monoisotopic (exact) mass is 244 g/mol. The summed E-state index contributed by atoms with van der Waals surface area (Å²) in [5.41, 5.74) is 0. The van der Waals surface area contributed by atoms with Crippen LogP contribution in [0.5, 0.6) is 0 Å². The molecular formula is C16H36O. The molecule has 0 rings (SSSR count). The second-order valence-corrected chi connectivity index (χ2v) is 5.72. The van der Waals surface area contributed by atoms with Gasteiger partial charge in [0.25, 0.3) is 0 Å². The highest BCUT2D eigenvalue weighted by atomic mass is 16.0. The Balaban J connectivity index is 0. The summed E-state index contributed by atoms with van der Waals surface area (Å²) in [6.45, 7) is 6.95. The summed E-state index contributed by atoms with van der Waals surface area (Å²) in [7, 11) is 0. The molecular weight excluding hydrogens is 208 g/mol. The van der Waals surface area contributed by atoms with Crippen molar-refractivity contribution < 1.29 is 5.48 Å². The standard InChI is InChI=1S/C16H34.H2O/c1-4-5-6-7-8-9-10-11-12-13-14-15-16(2)3;/h16H,4-15H2,1-3H3;1H2. The first-order chi connectivity index (χ1) is 7.77. The molecule has 0 spiro atoms. The van der Waals surface area contributed by atoms with Crippen LogP contribution in [0.25, 0.3) is 0 Å². The Hall–Kier alpha value is -0.0400. The third-order valence-electron chi connectivity index (χ3n) is 3.39. The maximum absolute atomic E-state index is 2.33. The molecule has 0 bridgehead atoms. The van der Waals surface area contributed by atoms with E-state index in [4.69, 9.17) is 0 Å². The molecule has 0 aromatic carbocycles. The summed E-state index contributed by atoms with van der Waals surface area (Å²) in [5, 5.41) is 0. The third kappa shape index (κ3) is 18.5. The van der Waals surface area contributed by atoms with Crippen molar-refractivity contribution in [3.05, 3.63) is 0 Å². The summed E-state index contributed by atoms with van der Waals surface area (Å²) < 4.78 is 0. The first-order valence-electron chi connectivity index (χ1n) is 7.77. The molecule has 0 fully saturated rings. The van der Waals surface area contributed by atoms with Crippen LogP contribution in [0.4, 0.5) is 0 Å². The minimum Gasteiger partial charge on any atom is -0.412 e. The Morgan fingerprint density at radius 1 is 0.588 bits per heavy atom. The molecule has 2 N–H and O–H groups in total. The molecule has 0 amide bonds. The first kappa shape index (κ1) is 19.3. The quantitative estimate of drug-likeness (QED) is 0.405. The van der Waals surface area contributed by atoms with Gasteiger partial charge in [0.2, 0.25) is 0 Å². The van der Waals surface area contributed by atoms with E-state index in [0.717, 1.165) is 5.92 Å². The van der Waals surface area contributed by atoms with E-state index >= 15 is 0 Å². The van der Waals surface area contributed by atoms with Crippen LogP contribution in [0.15, 0.2) is 0 Å². The highest BCUT2D eigenvalue weighted by Gasteiger charge is 1.95. The second-order valence-electron chi connectivity index (χ2n) is 5.72. The molecule has 0 saturated heterocycles. The zero-order chi connectivity index (χ0) is 12.1. The van der Waals surface area contributed by atoms with Crippen LogP contribution < -0.4 is 0 Å². The highest BCUT2D eigenvalue weighted by molar-refractivity contribution is 4.50. The van der Waals surface area contributed by atoms with E-state index in [-0.39, 0.29) is 5.48 Å². The van der Waals surface area contributed by atoms with Gasteiger partial charge in [-0.2, -0.15) is 0 Å². The lowest BCUT2D eigenvalue weighted by Gasteiger charge is -2.04. The van der Waals surface area contributed by atoms with Crippen LogP contribution in [-0.4, -0.2) is 5.48 Å². The van der Waals surface area contributed by atoms with Crippen LogP contribution in [0.2, 0.25) is 0 Å². The molecule has 0 aliphatic heterocycles. The van der Waals surface area contributed by atoms with Crippen LogP contribution >= 0.6 is 0 Å². The molecule has 0 unspecified atom stereocenters. The van der Waals surface area contributed by atoms with E-state index in [2.05, 4.69) is 20.8 Å². The molecule has 106 valence electrons. The smallest absolute Gasteiger partial charge is 0.0471 e. The number of hydrogen-bond donors (Lipinski definition) is 0. The molecule has 1 heteroatoms. The Labute approximate surface area is 110 Å². The molecule has 0 heterocycles. The highest BCUT2D eigenvalue weighted by Crippen LogP contribution is 2.13. The molecule has 1 nitrogen and oxygen atoms in total. The van der Waals surface area contributed by atoms with Gasteiger partial charge < -0.3 is 5.48 Å². The fourth-order valence-electron chi connectivity index (χ4n) is 2.22. The molecule has 0 aliphatic rings. The zero-order valence-electron chi connectivity index (χ0n) is 12.6. The largest absolute Gasteiger partial charge is 0.412 e. The molecule has 0 aromatic heterocycles. The van der Waals surface area contributed by atoms with Gasteiger partial charge in [-0.3, -0.25) is 0 Å². The average Bonchev–Trinajstić information content (AvgIpc) is 2.25. The van der Waals surface area contributed by atoms with Gasteiger partial charge in [0.05, 0.1) is 0 Å². The van der Waals surface area contributed by atoms with E-state index in [0.29, 0.717) is 0 Å². The van der Waals surface area contributed by atoms with Gasteiger partial charge in [0.15, 0.2) is 0 Å². The van der Waals surface area contributed by atoms with E-state index in [1.807, 2.05) is 0 Å². The SMILES string of the molecule is CCCCCCCCCCCCCC(C)C.O. The Kier molecular flexibility index (Phi) is 18.1. The van der Waals surface area contributed by atoms with Gasteiger partial charge in [-0.1, -0.05) is 97.8 Å². The van der Waals surface area contributed by atoms with Crippen molar-refractivity contribution in [2.75, 3.05) is 0 Å². The maximum atomic E-state index is 2.33. The zero-order valence-corrected chi connectivity index (χ0v) is 12.6. The summed E-state index contributed by atoms with van der Waals surface area (Å²) in [4.78, 5) is 0. The van der Waals surface area contributed by atoms with Crippen molar-refractivity contribution in [2.45, 2.75) is 97.8 Å². The van der Waals surface area contributed by atoms with Crippen molar-refractivity contribution >= 4 is 0 Å². The predicted octanol–water partition coefficient (Wildman–Crippen LogP) is 5.52. The van der Waals surface area contributed by atoms with Crippen LogP contribution in [0.1, 0.15) is 97.8 Å². The van der Waals surface area contributed by atoms with Gasteiger partial charge >= 0.3 is 0 Å². The third-order valence-corrected chi connectivity index (χ3v) is 3.39. The Bertz CT molecular complexity index is 121. The molecule has 0 aromatic rings. The van der Waals surface area contributed by atoms with Gasteiger partial charge in [-0.25, -0.2) is 0 Å². The normalized spacial score (nSPS) is 10.6. The minimum atomic E-state index is 0. The summed E-state index contributed by atoms with van der Waals surface area (Å²) in [6.07, 6.45) is 17.5. The van der Waals surface area contributed by atoms with Gasteiger partial charge in [0.1, 0.15) is 0 Å². The van der Waals surface area contributed by atoms with E-state index in [1.54, 1.807) is 0 Å². The maximum Gasteiger partial charge on any atom is -0.0471 e. The summed E-state index contributed by atoms with van der Waals surface area (Å²) >= 11 is 0. The molecule has 0 radical (unpaired) electrons. The second kappa shape index (κ2) is 16.0. The molecule has 0 saturated carbocycles. The first-order valence-corrected chi connectivity index (χ1v) is 7.77. The van der Waals surface area contributed by atoms with Crippen molar-refractivity contribution in [2.24, 2.45) is 5.92 Å². The number of unbranched alkanes of at least 4 members (excludes halogenated alkanes) is 10. The number of rotatable bonds is 12. The average molecular weight is 244 g/mol. The lowest BCUT2D eigenvalue weighted by atomic mass is 10.0. The Morgan fingerprint density at radius 2 is 0.941 bits per heavy atom. The Morgan fingerprint density at radius 3 is 1.29 bits per heavy atom. The number of hydrogen-bond acceptors (Lipinski definition) is 0. The van der Waals surface area contributed by atoms with E-state index < -0.39 is 0 Å². The van der Waals surface area contributed by atoms with Gasteiger partial charge in [-0.15, -0.1) is 0 Å². The molecule has 17 heavy (non-hydrogen) atoms. The molecule has 0 atom stereocenters. The summed E-state index contributed by atoms with van der Waals surface area (Å²) in [6, 6.07) is 0. The van der Waals surface area contributed by atoms with Crippen molar-refractivity contribution in [1.82, 2.24) is 0 Å². The fraction of sp³-hybridized carbons (Fsp3) is 1.00. The lowest BCUT2D eigenvalue weighted by molar-refractivity contribution is 0.504. The van der Waals surface area contributed by atoms with Crippen molar-refractivity contribution in [1.29, 1.82) is 0 Å². The molecule has 0 aliphatic carbocycles. The lowest BCUT2D eigenvalue weighted by Crippen LogP contribution is -1.87. The van der Waals surface area contributed by atoms with Crippen LogP contribution in [0, 0.1) is 5.92 Å². The van der Waals surface area contributed by atoms with Gasteiger partial charge in [-0.05, 0) is 5.92 Å². The predicted molar refractivity (Wildman–Crippen MR) is 79.5 cm³/mol. The van der Waals surface area contributed by atoms with Crippen LogP contribution in [0.3, 0.4) is 0 Å². The van der Waals surface area contributed by atoms with E-state index in [1.165, 1.54) is 77.0 Å². The summed E-state index contributed by atoms with van der Waals surface area (Å²) in [5.74, 6) is 0.901. The van der Waals surface area contributed by atoms with E-state index in [9.17, 15) is 0 Å². The fourth-order valence-corrected chi connectivity index (χ4v) is 2.22. The van der Waals surface area contributed by atoms with Gasteiger partial charge in [0, 0.05) is 0 Å². The minimum absolute atomic E-state index is 0. The topological polar surface area (TPSA) is 31.5 Å². The van der Waals surface area contributed by atoms with Crippen molar-refractivity contribution in [3.63, 3.8) is 0 Å². The van der Waals surface area contributed by atoms with Crippen molar-refractivity contribution in [3.8, 4) is 0 Å². The van der Waals surface area contributed by atoms with Crippen LogP contribution in [-0.2, 0) is 0 Å².